The second kappa shape index (κ2) is 8.34. The number of carbonyl (C=O) groups excluding carboxylic acids is 2. The number of nitrogens with two attached hydrogens (primary N) is 1. The third-order valence-electron chi connectivity index (χ3n) is 2.28. The molecule has 0 aliphatic heterocycles. The molecule has 0 radical (unpaired) electrons. The first-order valence-corrected chi connectivity index (χ1v) is 5.38. The van der Waals surface area contributed by atoms with Crippen molar-refractivity contribution in [1.82, 2.24) is 0 Å². The Balaban J connectivity index is 0.00000324. The minimum atomic E-state index is -0.544. The molecule has 19 heavy (non-hydrogen) atoms. The molecular formula is C12H17ClN2O4. The highest BCUT2D eigenvalue weighted by molar-refractivity contribution is 6.01. The maximum atomic E-state index is 11.6. The van der Waals surface area contributed by atoms with E-state index in [2.05, 4.69) is 10.1 Å². The van der Waals surface area contributed by atoms with E-state index < -0.39 is 5.97 Å². The van der Waals surface area contributed by atoms with Crippen LogP contribution in [0.5, 0.6) is 5.75 Å². The minimum Gasteiger partial charge on any atom is -0.497 e. The molecule has 7 heteroatoms. The van der Waals surface area contributed by atoms with Gasteiger partial charge in [0.2, 0.25) is 5.91 Å². The number of ether oxygens (including phenoxy) is 2. The highest BCUT2D eigenvalue weighted by atomic mass is 35.5. The van der Waals surface area contributed by atoms with Crippen molar-refractivity contribution in [3.8, 4) is 5.75 Å². The first kappa shape index (κ1) is 17.2. The lowest BCUT2D eigenvalue weighted by Crippen LogP contribution is -2.18. The maximum Gasteiger partial charge on any atom is 0.340 e. The number of nitrogens with one attached hydrogen (secondary N) is 1. The van der Waals surface area contributed by atoms with Gasteiger partial charge in [-0.3, -0.25) is 4.79 Å². The Bertz CT molecular complexity index is 451. The number of hydrogen-bond acceptors (Lipinski definition) is 5. The van der Waals surface area contributed by atoms with Crippen molar-refractivity contribution >= 4 is 30.0 Å². The van der Waals surface area contributed by atoms with Gasteiger partial charge in [-0.05, 0) is 18.2 Å². The number of anilines is 1. The first-order chi connectivity index (χ1) is 8.62. The van der Waals surface area contributed by atoms with Crippen LogP contribution in [-0.4, -0.2) is 32.6 Å². The van der Waals surface area contributed by atoms with Gasteiger partial charge >= 0.3 is 5.97 Å². The molecule has 0 aliphatic carbocycles. The zero-order valence-electron chi connectivity index (χ0n) is 10.8. The third kappa shape index (κ3) is 4.76. The van der Waals surface area contributed by atoms with E-state index >= 15 is 0 Å². The topological polar surface area (TPSA) is 90.6 Å². The number of benzene rings is 1. The Morgan fingerprint density at radius 1 is 1.32 bits per heavy atom. The van der Waals surface area contributed by atoms with Crippen molar-refractivity contribution in [2.24, 2.45) is 5.73 Å². The summed E-state index contributed by atoms with van der Waals surface area (Å²) in [5.41, 5.74) is 5.89. The van der Waals surface area contributed by atoms with Gasteiger partial charge in [-0.25, -0.2) is 4.79 Å². The first-order valence-electron chi connectivity index (χ1n) is 5.38. The minimum absolute atomic E-state index is 0. The molecule has 1 aromatic carbocycles. The van der Waals surface area contributed by atoms with Gasteiger partial charge in [0.15, 0.2) is 0 Å². The average Bonchev–Trinajstić information content (AvgIpc) is 2.38. The second-order valence-electron chi connectivity index (χ2n) is 3.49. The molecule has 1 amide bonds. The number of hydrogen-bond donors (Lipinski definition) is 2. The summed E-state index contributed by atoms with van der Waals surface area (Å²) in [6.07, 6.45) is 0.187. The standard InChI is InChI=1S/C12H16N2O4.ClH/c1-17-8-3-4-10(14-11(15)5-6-13)9(7-8)12(16)18-2;/h3-4,7H,5-6,13H2,1-2H3,(H,14,15);1H. The van der Waals surface area contributed by atoms with Gasteiger partial charge in [0.25, 0.3) is 0 Å². The monoisotopic (exact) mass is 288 g/mol. The fourth-order valence-electron chi connectivity index (χ4n) is 1.38. The summed E-state index contributed by atoms with van der Waals surface area (Å²) < 4.78 is 9.66. The quantitative estimate of drug-likeness (QED) is 0.794. The van der Waals surface area contributed by atoms with Crippen molar-refractivity contribution in [3.63, 3.8) is 0 Å². The van der Waals surface area contributed by atoms with Crippen molar-refractivity contribution in [3.05, 3.63) is 23.8 Å². The van der Waals surface area contributed by atoms with E-state index in [-0.39, 0.29) is 36.8 Å². The Hall–Kier alpha value is -1.79. The average molecular weight is 289 g/mol. The fraction of sp³-hybridized carbons (Fsp3) is 0.333. The molecule has 106 valence electrons. The molecular weight excluding hydrogens is 272 g/mol. The van der Waals surface area contributed by atoms with Gasteiger partial charge in [-0.15, -0.1) is 12.4 Å². The van der Waals surface area contributed by atoms with Crippen LogP contribution in [0.25, 0.3) is 0 Å². The van der Waals surface area contributed by atoms with Gasteiger partial charge < -0.3 is 20.5 Å². The molecule has 6 nitrogen and oxygen atoms in total. The predicted octanol–water partition coefficient (Wildman–Crippen LogP) is 1.19. The Labute approximate surface area is 117 Å². The molecule has 3 N–H and O–H groups in total. The van der Waals surface area contributed by atoms with Crippen LogP contribution < -0.4 is 15.8 Å². The zero-order chi connectivity index (χ0) is 13.5. The number of methoxy groups -OCH3 is 2. The second-order valence-corrected chi connectivity index (χ2v) is 3.49. The highest BCUT2D eigenvalue weighted by Gasteiger charge is 2.14. The van der Waals surface area contributed by atoms with Crippen molar-refractivity contribution < 1.29 is 19.1 Å². The molecule has 0 saturated carbocycles. The molecule has 1 rings (SSSR count). The van der Waals surface area contributed by atoms with E-state index in [1.165, 1.54) is 20.3 Å². The maximum absolute atomic E-state index is 11.6. The molecule has 0 bridgehead atoms. The molecule has 0 spiro atoms. The zero-order valence-corrected chi connectivity index (χ0v) is 11.6. The summed E-state index contributed by atoms with van der Waals surface area (Å²) in [5, 5.41) is 2.60. The molecule has 0 aliphatic rings. The molecule has 0 saturated heterocycles. The molecule has 0 unspecified atom stereocenters. The summed E-state index contributed by atoms with van der Waals surface area (Å²) in [5.74, 6) is -0.294. The molecule has 0 fully saturated rings. The highest BCUT2D eigenvalue weighted by Crippen LogP contribution is 2.23. The largest absolute Gasteiger partial charge is 0.497 e. The smallest absolute Gasteiger partial charge is 0.340 e. The van der Waals surface area contributed by atoms with Gasteiger partial charge in [-0.1, -0.05) is 0 Å². The van der Waals surface area contributed by atoms with E-state index in [1.807, 2.05) is 0 Å². The van der Waals surface area contributed by atoms with Crippen molar-refractivity contribution in [2.75, 3.05) is 26.1 Å². The summed E-state index contributed by atoms with van der Waals surface area (Å²) >= 11 is 0. The number of carbonyl (C=O) groups is 2. The van der Waals surface area contributed by atoms with Crippen LogP contribution in [0.15, 0.2) is 18.2 Å². The van der Waals surface area contributed by atoms with Gasteiger partial charge in [0.05, 0.1) is 25.5 Å². The Morgan fingerprint density at radius 2 is 2.00 bits per heavy atom. The van der Waals surface area contributed by atoms with Crippen LogP contribution in [0, 0.1) is 0 Å². The van der Waals surface area contributed by atoms with E-state index in [1.54, 1.807) is 12.1 Å². The van der Waals surface area contributed by atoms with Crippen LogP contribution in [0.3, 0.4) is 0 Å². The molecule has 1 aromatic rings. The van der Waals surface area contributed by atoms with Crippen molar-refractivity contribution in [2.45, 2.75) is 6.42 Å². The Kier molecular flexibility index (Phi) is 7.55. The number of amides is 1. The van der Waals surface area contributed by atoms with Crippen LogP contribution in [0.2, 0.25) is 0 Å². The van der Waals surface area contributed by atoms with E-state index in [0.717, 1.165) is 0 Å². The van der Waals surface area contributed by atoms with Gasteiger partial charge in [0, 0.05) is 13.0 Å². The predicted molar refractivity (Wildman–Crippen MR) is 73.9 cm³/mol. The SMILES string of the molecule is COC(=O)c1cc(OC)ccc1NC(=O)CCN.Cl. The summed E-state index contributed by atoms with van der Waals surface area (Å²) in [6.45, 7) is 0.246. The normalized spacial score (nSPS) is 9.21. The number of rotatable bonds is 5. The van der Waals surface area contributed by atoms with E-state index in [9.17, 15) is 9.59 Å². The molecule has 0 heterocycles. The van der Waals surface area contributed by atoms with E-state index in [4.69, 9.17) is 10.5 Å². The summed E-state index contributed by atoms with van der Waals surface area (Å²) in [4.78, 5) is 23.0. The van der Waals surface area contributed by atoms with Crippen LogP contribution in [-0.2, 0) is 9.53 Å². The number of esters is 1. The lowest BCUT2D eigenvalue weighted by Gasteiger charge is -2.11. The van der Waals surface area contributed by atoms with Gasteiger partial charge in [0.1, 0.15) is 5.75 Å². The fourth-order valence-corrected chi connectivity index (χ4v) is 1.38. The molecule has 0 atom stereocenters. The van der Waals surface area contributed by atoms with Crippen molar-refractivity contribution in [1.29, 1.82) is 0 Å². The summed E-state index contributed by atoms with van der Waals surface area (Å²) in [7, 11) is 2.76. The number of halogens is 1. The Morgan fingerprint density at radius 3 is 2.53 bits per heavy atom. The van der Waals surface area contributed by atoms with Crippen LogP contribution in [0.4, 0.5) is 5.69 Å². The van der Waals surface area contributed by atoms with E-state index in [0.29, 0.717) is 11.4 Å². The van der Waals surface area contributed by atoms with Gasteiger partial charge in [-0.2, -0.15) is 0 Å². The van der Waals surface area contributed by atoms with Crippen LogP contribution in [0.1, 0.15) is 16.8 Å². The lowest BCUT2D eigenvalue weighted by atomic mass is 10.1. The van der Waals surface area contributed by atoms with Crippen LogP contribution >= 0.6 is 12.4 Å². The third-order valence-corrected chi connectivity index (χ3v) is 2.28. The lowest BCUT2D eigenvalue weighted by molar-refractivity contribution is -0.116. The molecule has 0 aromatic heterocycles. The summed E-state index contributed by atoms with van der Waals surface area (Å²) in [6, 6.07) is 4.73.